The molecule has 3 rings (SSSR count). The first kappa shape index (κ1) is 15.9. The normalized spacial score (nSPS) is 27.8. The zero-order valence-electron chi connectivity index (χ0n) is 12.7. The third kappa shape index (κ3) is 3.37. The van der Waals surface area contributed by atoms with E-state index in [0.29, 0.717) is 5.88 Å². The van der Waals surface area contributed by atoms with Crippen LogP contribution in [0.1, 0.15) is 12.1 Å². The summed E-state index contributed by atoms with van der Waals surface area (Å²) in [6, 6.07) is 11.1. The lowest BCUT2D eigenvalue weighted by molar-refractivity contribution is -0.242. The first-order valence-electron chi connectivity index (χ1n) is 7.49. The Morgan fingerprint density at radius 1 is 1.30 bits per heavy atom. The summed E-state index contributed by atoms with van der Waals surface area (Å²) in [5.74, 6) is 0.392. The van der Waals surface area contributed by atoms with Crippen molar-refractivity contribution >= 4 is 0 Å². The lowest BCUT2D eigenvalue weighted by atomic mass is 10.0. The second-order valence-corrected chi connectivity index (χ2v) is 5.59. The quantitative estimate of drug-likeness (QED) is 0.754. The van der Waals surface area contributed by atoms with Crippen molar-refractivity contribution in [2.45, 2.75) is 37.9 Å². The minimum atomic E-state index is -1.20. The van der Waals surface area contributed by atoms with Gasteiger partial charge in [0, 0.05) is 12.5 Å². The van der Waals surface area contributed by atoms with Crippen LogP contribution in [0.5, 0.6) is 5.88 Å². The molecule has 0 aliphatic carbocycles. The Balaban J connectivity index is 1.85. The Kier molecular flexibility index (Phi) is 4.63. The van der Waals surface area contributed by atoms with E-state index in [1.54, 1.807) is 10.7 Å². The topological polar surface area (TPSA) is 97.0 Å². The van der Waals surface area contributed by atoms with Gasteiger partial charge in [0.05, 0.1) is 30.2 Å². The molecule has 3 N–H and O–H groups in total. The van der Waals surface area contributed by atoms with Crippen molar-refractivity contribution in [1.29, 1.82) is 0 Å². The largest absolute Gasteiger partial charge is 0.445 e. The Morgan fingerprint density at radius 3 is 2.74 bits per heavy atom. The number of aromatic nitrogens is 2. The summed E-state index contributed by atoms with van der Waals surface area (Å²) in [7, 11) is 0. The minimum Gasteiger partial charge on any atom is -0.445 e. The first-order valence-corrected chi connectivity index (χ1v) is 7.49. The Morgan fingerprint density at radius 2 is 2.04 bits per heavy atom. The lowest BCUT2D eigenvalue weighted by Crippen LogP contribution is -2.51. The van der Waals surface area contributed by atoms with Gasteiger partial charge >= 0.3 is 0 Å². The lowest BCUT2D eigenvalue weighted by Gasteiger charge is -2.36. The minimum absolute atomic E-state index is 0.161. The van der Waals surface area contributed by atoms with Crippen molar-refractivity contribution in [1.82, 2.24) is 9.78 Å². The van der Waals surface area contributed by atoms with Gasteiger partial charge in [0.15, 0.2) is 0 Å². The number of ether oxygens (including phenoxy) is 2. The standard InChI is InChI=1S/C16H20N2O5/c1-10-7-14(18(17-10)11-5-3-2-4-6-11)23-16-15(21)13(20)8-12(9-19)22-16/h2-7,12-13,15-16,19-21H,8-9H2,1H3/t12-,13-,15-,16?/m0/s1. The van der Waals surface area contributed by atoms with E-state index in [0.717, 1.165) is 11.4 Å². The molecular formula is C16H20N2O5. The fourth-order valence-corrected chi connectivity index (χ4v) is 2.56. The highest BCUT2D eigenvalue weighted by Crippen LogP contribution is 2.26. The number of para-hydroxylation sites is 1. The Labute approximate surface area is 133 Å². The number of rotatable bonds is 4. The van der Waals surface area contributed by atoms with E-state index >= 15 is 0 Å². The fourth-order valence-electron chi connectivity index (χ4n) is 2.56. The van der Waals surface area contributed by atoms with Crippen LogP contribution in [-0.4, -0.2) is 56.3 Å². The van der Waals surface area contributed by atoms with E-state index in [1.807, 2.05) is 37.3 Å². The third-order valence-electron chi connectivity index (χ3n) is 3.74. The number of benzene rings is 1. The molecule has 0 amide bonds. The molecular weight excluding hydrogens is 300 g/mol. The maximum Gasteiger partial charge on any atom is 0.230 e. The summed E-state index contributed by atoms with van der Waals surface area (Å²) in [6.07, 6.45) is -3.70. The van der Waals surface area contributed by atoms with Crippen LogP contribution in [0.15, 0.2) is 36.4 Å². The second-order valence-electron chi connectivity index (χ2n) is 5.59. The summed E-state index contributed by atoms with van der Waals surface area (Å²) in [4.78, 5) is 0. The van der Waals surface area contributed by atoms with Gasteiger partial charge < -0.3 is 24.8 Å². The number of hydrogen-bond donors (Lipinski definition) is 3. The smallest absolute Gasteiger partial charge is 0.230 e. The van der Waals surface area contributed by atoms with Crippen molar-refractivity contribution in [2.24, 2.45) is 0 Å². The molecule has 2 aromatic rings. The maximum absolute atomic E-state index is 10.1. The summed E-state index contributed by atoms with van der Waals surface area (Å²) >= 11 is 0. The molecule has 7 nitrogen and oxygen atoms in total. The molecule has 1 unspecified atom stereocenters. The van der Waals surface area contributed by atoms with Crippen molar-refractivity contribution in [3.63, 3.8) is 0 Å². The van der Waals surface area contributed by atoms with Gasteiger partial charge in [-0.15, -0.1) is 0 Å². The fraction of sp³-hybridized carbons (Fsp3) is 0.438. The van der Waals surface area contributed by atoms with E-state index in [4.69, 9.17) is 9.47 Å². The molecule has 1 aromatic heterocycles. The number of aliphatic hydroxyl groups excluding tert-OH is 3. The predicted molar refractivity (Wildman–Crippen MR) is 81.3 cm³/mol. The van der Waals surface area contributed by atoms with E-state index < -0.39 is 24.6 Å². The highest BCUT2D eigenvalue weighted by molar-refractivity contribution is 5.35. The average Bonchev–Trinajstić information content (AvgIpc) is 2.93. The van der Waals surface area contributed by atoms with Gasteiger partial charge in [-0.1, -0.05) is 18.2 Å². The van der Waals surface area contributed by atoms with Gasteiger partial charge in [0.1, 0.15) is 6.10 Å². The van der Waals surface area contributed by atoms with Crippen LogP contribution < -0.4 is 4.74 Å². The second kappa shape index (κ2) is 6.67. The van der Waals surface area contributed by atoms with Crippen molar-refractivity contribution < 1.29 is 24.8 Å². The van der Waals surface area contributed by atoms with Crippen molar-refractivity contribution in [3.05, 3.63) is 42.1 Å². The van der Waals surface area contributed by atoms with Crippen LogP contribution in [0.3, 0.4) is 0 Å². The first-order chi connectivity index (χ1) is 11.1. The van der Waals surface area contributed by atoms with Gasteiger partial charge in [0.25, 0.3) is 0 Å². The van der Waals surface area contributed by atoms with Gasteiger partial charge in [-0.25, -0.2) is 4.68 Å². The maximum atomic E-state index is 10.1. The summed E-state index contributed by atoms with van der Waals surface area (Å²) in [5, 5.41) is 33.5. The zero-order valence-corrected chi connectivity index (χ0v) is 12.7. The number of aryl methyl sites for hydroxylation is 1. The monoisotopic (exact) mass is 320 g/mol. The highest BCUT2D eigenvalue weighted by atomic mass is 16.7. The van der Waals surface area contributed by atoms with Crippen LogP contribution >= 0.6 is 0 Å². The van der Waals surface area contributed by atoms with E-state index in [9.17, 15) is 15.3 Å². The van der Waals surface area contributed by atoms with Crippen LogP contribution in [-0.2, 0) is 4.74 Å². The van der Waals surface area contributed by atoms with Crippen LogP contribution in [0.2, 0.25) is 0 Å². The molecule has 23 heavy (non-hydrogen) atoms. The van der Waals surface area contributed by atoms with Gasteiger partial charge in [-0.05, 0) is 19.1 Å². The predicted octanol–water partition coefficient (Wildman–Crippen LogP) is 0.389. The number of hydrogen-bond acceptors (Lipinski definition) is 6. The Hall–Kier alpha value is -1.93. The molecule has 124 valence electrons. The molecule has 2 heterocycles. The highest BCUT2D eigenvalue weighted by Gasteiger charge is 2.38. The molecule has 1 aliphatic heterocycles. The molecule has 0 bridgehead atoms. The molecule has 0 radical (unpaired) electrons. The summed E-state index contributed by atoms with van der Waals surface area (Å²) in [6.45, 7) is 1.58. The molecule has 1 aliphatic rings. The zero-order chi connectivity index (χ0) is 16.4. The van der Waals surface area contributed by atoms with Crippen molar-refractivity contribution in [2.75, 3.05) is 6.61 Å². The van der Waals surface area contributed by atoms with Crippen LogP contribution in [0.25, 0.3) is 5.69 Å². The summed E-state index contributed by atoms with van der Waals surface area (Å²) in [5.41, 5.74) is 1.55. The molecule has 1 fully saturated rings. The Bertz CT molecular complexity index is 645. The molecule has 0 saturated carbocycles. The van der Waals surface area contributed by atoms with Crippen LogP contribution in [0.4, 0.5) is 0 Å². The van der Waals surface area contributed by atoms with Gasteiger partial charge in [-0.3, -0.25) is 0 Å². The van der Waals surface area contributed by atoms with Crippen molar-refractivity contribution in [3.8, 4) is 11.6 Å². The summed E-state index contributed by atoms with van der Waals surface area (Å²) < 4.78 is 12.8. The van der Waals surface area contributed by atoms with E-state index in [1.165, 1.54) is 0 Å². The van der Waals surface area contributed by atoms with E-state index in [-0.39, 0.29) is 13.0 Å². The molecule has 1 aromatic carbocycles. The molecule has 7 heteroatoms. The van der Waals surface area contributed by atoms with Gasteiger partial charge in [-0.2, -0.15) is 5.10 Å². The average molecular weight is 320 g/mol. The molecule has 1 saturated heterocycles. The van der Waals surface area contributed by atoms with Crippen LogP contribution in [0, 0.1) is 6.92 Å². The SMILES string of the molecule is Cc1cc(OC2O[C@H](CO)C[C@H](O)[C@@H]2O)n(-c2ccccc2)n1. The number of nitrogens with zero attached hydrogens (tertiary/aromatic N) is 2. The van der Waals surface area contributed by atoms with E-state index in [2.05, 4.69) is 5.10 Å². The van der Waals surface area contributed by atoms with Gasteiger partial charge in [0.2, 0.25) is 12.2 Å². The molecule has 4 atom stereocenters. The molecule has 0 spiro atoms. The third-order valence-corrected chi connectivity index (χ3v) is 3.74. The number of aliphatic hydroxyl groups is 3.